The third-order valence-corrected chi connectivity index (χ3v) is 4.33. The quantitative estimate of drug-likeness (QED) is 0.927. The van der Waals surface area contributed by atoms with Gasteiger partial charge in [-0.05, 0) is 30.9 Å². The van der Waals surface area contributed by atoms with E-state index < -0.39 is 0 Å². The van der Waals surface area contributed by atoms with E-state index in [9.17, 15) is 4.79 Å². The van der Waals surface area contributed by atoms with Gasteiger partial charge in [-0.25, -0.2) is 0 Å². The fourth-order valence-corrected chi connectivity index (χ4v) is 2.92. The van der Waals surface area contributed by atoms with E-state index >= 15 is 0 Å². The molecule has 2 rings (SSSR count). The van der Waals surface area contributed by atoms with Gasteiger partial charge >= 0.3 is 0 Å². The van der Waals surface area contributed by atoms with E-state index in [1.54, 1.807) is 0 Å². The molecule has 1 aliphatic heterocycles. The second-order valence-corrected chi connectivity index (χ2v) is 6.39. The lowest BCUT2D eigenvalue weighted by Crippen LogP contribution is -2.48. The molecule has 1 fully saturated rings. The molecule has 1 aliphatic rings. The van der Waals surface area contributed by atoms with Gasteiger partial charge in [-0.2, -0.15) is 0 Å². The molecule has 21 heavy (non-hydrogen) atoms. The van der Waals surface area contributed by atoms with Crippen LogP contribution in [0.25, 0.3) is 0 Å². The first-order valence-corrected chi connectivity index (χ1v) is 7.53. The molecule has 1 atom stereocenters. The number of carbonyl (C=O) groups excluding carboxylic acids is 1. The highest BCUT2D eigenvalue weighted by Gasteiger charge is 2.29. The SMILES string of the molecule is CNC1CCCN(C(=O)CC(C)(C)c2ccccc2)C1.Cl. The van der Waals surface area contributed by atoms with E-state index in [0.29, 0.717) is 12.5 Å². The van der Waals surface area contributed by atoms with Crippen LogP contribution in [0.1, 0.15) is 38.7 Å². The van der Waals surface area contributed by atoms with Crippen molar-refractivity contribution in [2.45, 2.75) is 44.6 Å². The van der Waals surface area contributed by atoms with Crippen LogP contribution in [0.5, 0.6) is 0 Å². The molecule has 4 heteroatoms. The van der Waals surface area contributed by atoms with Gasteiger partial charge in [0, 0.05) is 25.6 Å². The van der Waals surface area contributed by atoms with Gasteiger partial charge in [-0.15, -0.1) is 12.4 Å². The lowest BCUT2D eigenvalue weighted by molar-refractivity contribution is -0.133. The van der Waals surface area contributed by atoms with Gasteiger partial charge in [0.1, 0.15) is 0 Å². The maximum Gasteiger partial charge on any atom is 0.223 e. The number of likely N-dealkylation sites (tertiary alicyclic amines) is 1. The summed E-state index contributed by atoms with van der Waals surface area (Å²) in [6.07, 6.45) is 2.85. The first kappa shape index (κ1) is 18.0. The van der Waals surface area contributed by atoms with Crippen molar-refractivity contribution in [1.29, 1.82) is 0 Å². The summed E-state index contributed by atoms with van der Waals surface area (Å²) in [5.41, 5.74) is 1.13. The first-order chi connectivity index (χ1) is 9.53. The Hall–Kier alpha value is -1.06. The van der Waals surface area contributed by atoms with E-state index in [1.807, 2.05) is 30.1 Å². The van der Waals surface area contributed by atoms with Gasteiger partial charge in [-0.1, -0.05) is 44.2 Å². The van der Waals surface area contributed by atoms with Crippen LogP contribution in [-0.4, -0.2) is 37.0 Å². The number of carbonyl (C=O) groups is 1. The Kier molecular flexibility index (Phi) is 6.69. The molecule has 0 aliphatic carbocycles. The molecule has 1 saturated heterocycles. The van der Waals surface area contributed by atoms with Crippen LogP contribution in [-0.2, 0) is 10.2 Å². The zero-order chi connectivity index (χ0) is 14.6. The predicted molar refractivity (Wildman–Crippen MR) is 90.0 cm³/mol. The smallest absolute Gasteiger partial charge is 0.223 e. The maximum atomic E-state index is 12.5. The molecule has 1 unspecified atom stereocenters. The predicted octanol–water partition coefficient (Wildman–Crippen LogP) is 2.99. The lowest BCUT2D eigenvalue weighted by atomic mass is 9.81. The van der Waals surface area contributed by atoms with Crippen molar-refractivity contribution in [3.63, 3.8) is 0 Å². The number of piperidine rings is 1. The number of halogens is 1. The summed E-state index contributed by atoms with van der Waals surface area (Å²) in [4.78, 5) is 14.6. The molecule has 1 aromatic carbocycles. The molecule has 118 valence electrons. The van der Waals surface area contributed by atoms with Crippen molar-refractivity contribution in [3.8, 4) is 0 Å². The van der Waals surface area contributed by atoms with Crippen LogP contribution in [0.15, 0.2) is 30.3 Å². The van der Waals surface area contributed by atoms with Crippen LogP contribution < -0.4 is 5.32 Å². The molecule has 1 heterocycles. The molecular formula is C17H27ClN2O. The third-order valence-electron chi connectivity index (χ3n) is 4.33. The second-order valence-electron chi connectivity index (χ2n) is 6.39. The van der Waals surface area contributed by atoms with E-state index in [1.165, 1.54) is 12.0 Å². The standard InChI is InChI=1S/C17H26N2O.ClH/c1-17(2,14-8-5-4-6-9-14)12-16(20)19-11-7-10-15(13-19)18-3;/h4-6,8-9,15,18H,7,10-13H2,1-3H3;1H. The Bertz CT molecular complexity index is 447. The number of likely N-dealkylation sites (N-methyl/N-ethyl adjacent to an activating group) is 1. The van der Waals surface area contributed by atoms with Crippen molar-refractivity contribution >= 4 is 18.3 Å². The summed E-state index contributed by atoms with van der Waals surface area (Å²) < 4.78 is 0. The van der Waals surface area contributed by atoms with E-state index in [2.05, 4.69) is 31.3 Å². The van der Waals surface area contributed by atoms with Gasteiger partial charge in [0.05, 0.1) is 0 Å². The minimum atomic E-state index is -0.106. The fourth-order valence-electron chi connectivity index (χ4n) is 2.92. The van der Waals surface area contributed by atoms with Crippen LogP contribution in [0.4, 0.5) is 0 Å². The minimum Gasteiger partial charge on any atom is -0.341 e. The maximum absolute atomic E-state index is 12.5. The molecule has 0 spiro atoms. The summed E-state index contributed by atoms with van der Waals surface area (Å²) in [6, 6.07) is 10.8. The molecule has 0 bridgehead atoms. The lowest BCUT2D eigenvalue weighted by Gasteiger charge is -2.35. The summed E-state index contributed by atoms with van der Waals surface area (Å²) in [7, 11) is 1.98. The average molecular weight is 311 g/mol. The zero-order valence-electron chi connectivity index (χ0n) is 13.3. The van der Waals surface area contributed by atoms with Crippen LogP contribution in [0, 0.1) is 0 Å². The Labute approximate surface area is 134 Å². The number of rotatable bonds is 4. The zero-order valence-corrected chi connectivity index (χ0v) is 14.1. The van der Waals surface area contributed by atoms with Crippen LogP contribution in [0.2, 0.25) is 0 Å². The summed E-state index contributed by atoms with van der Waals surface area (Å²) >= 11 is 0. The number of nitrogens with zero attached hydrogens (tertiary/aromatic N) is 1. The fraction of sp³-hybridized carbons (Fsp3) is 0.588. The van der Waals surface area contributed by atoms with Crippen molar-refractivity contribution in [2.75, 3.05) is 20.1 Å². The first-order valence-electron chi connectivity index (χ1n) is 7.53. The molecule has 1 aromatic rings. The van der Waals surface area contributed by atoms with Gasteiger partial charge in [0.2, 0.25) is 5.91 Å². The molecule has 0 aromatic heterocycles. The van der Waals surface area contributed by atoms with Gasteiger partial charge < -0.3 is 10.2 Å². The molecule has 0 saturated carbocycles. The van der Waals surface area contributed by atoms with E-state index in [-0.39, 0.29) is 23.7 Å². The Morgan fingerprint density at radius 3 is 2.62 bits per heavy atom. The monoisotopic (exact) mass is 310 g/mol. The summed E-state index contributed by atoms with van der Waals surface area (Å²) in [6.45, 7) is 6.06. The second kappa shape index (κ2) is 7.81. The molecule has 1 amide bonds. The molecule has 1 N–H and O–H groups in total. The number of amides is 1. The minimum absolute atomic E-state index is 0. The van der Waals surface area contributed by atoms with E-state index in [4.69, 9.17) is 0 Å². The van der Waals surface area contributed by atoms with Gasteiger partial charge in [-0.3, -0.25) is 4.79 Å². The van der Waals surface area contributed by atoms with E-state index in [0.717, 1.165) is 19.5 Å². The highest BCUT2D eigenvalue weighted by Crippen LogP contribution is 2.28. The Balaban J connectivity index is 0.00000220. The summed E-state index contributed by atoms with van der Waals surface area (Å²) in [5.74, 6) is 0.277. The third kappa shape index (κ3) is 4.72. The summed E-state index contributed by atoms with van der Waals surface area (Å²) in [5, 5.41) is 3.29. The number of benzene rings is 1. The highest BCUT2D eigenvalue weighted by molar-refractivity contribution is 5.85. The number of hydrogen-bond acceptors (Lipinski definition) is 2. The molecule has 0 radical (unpaired) electrons. The normalized spacial score (nSPS) is 19.0. The number of hydrogen-bond donors (Lipinski definition) is 1. The van der Waals surface area contributed by atoms with Gasteiger partial charge in [0.25, 0.3) is 0 Å². The van der Waals surface area contributed by atoms with Crippen molar-refractivity contribution in [3.05, 3.63) is 35.9 Å². The topological polar surface area (TPSA) is 32.3 Å². The van der Waals surface area contributed by atoms with Crippen molar-refractivity contribution in [2.24, 2.45) is 0 Å². The number of nitrogens with one attached hydrogen (secondary N) is 1. The van der Waals surface area contributed by atoms with Crippen LogP contribution in [0.3, 0.4) is 0 Å². The van der Waals surface area contributed by atoms with Gasteiger partial charge in [0.15, 0.2) is 0 Å². The van der Waals surface area contributed by atoms with Crippen LogP contribution >= 0.6 is 12.4 Å². The Morgan fingerprint density at radius 1 is 1.33 bits per heavy atom. The average Bonchev–Trinajstić information content (AvgIpc) is 2.48. The van der Waals surface area contributed by atoms with Crippen molar-refractivity contribution < 1.29 is 4.79 Å². The molecular weight excluding hydrogens is 284 g/mol. The molecule has 3 nitrogen and oxygen atoms in total. The largest absolute Gasteiger partial charge is 0.341 e. The Morgan fingerprint density at radius 2 is 2.00 bits per heavy atom. The van der Waals surface area contributed by atoms with Crippen molar-refractivity contribution in [1.82, 2.24) is 10.2 Å². The highest BCUT2D eigenvalue weighted by atomic mass is 35.5.